The first-order valence-electron chi connectivity index (χ1n) is 9.80. The molecule has 1 unspecified atom stereocenters. The number of nitrogens with zero attached hydrogens (tertiary/aromatic N) is 3. The van der Waals surface area contributed by atoms with Crippen molar-refractivity contribution in [2.24, 2.45) is 12.0 Å². The van der Waals surface area contributed by atoms with Crippen LogP contribution in [0.4, 0.5) is 4.39 Å². The first-order valence-corrected chi connectivity index (χ1v) is 9.80. The van der Waals surface area contributed by atoms with Crippen LogP contribution >= 0.6 is 0 Å². The van der Waals surface area contributed by atoms with Crippen molar-refractivity contribution in [1.29, 1.82) is 0 Å². The summed E-state index contributed by atoms with van der Waals surface area (Å²) < 4.78 is 21.2. The lowest BCUT2D eigenvalue weighted by atomic mass is 10.1. The van der Waals surface area contributed by atoms with E-state index in [2.05, 4.69) is 34.6 Å². The lowest BCUT2D eigenvalue weighted by molar-refractivity contribution is 0.321. The molecule has 0 aliphatic heterocycles. The van der Waals surface area contributed by atoms with Crippen LogP contribution in [0.3, 0.4) is 0 Å². The SMILES string of the molecule is CCNC(=NCc1ccc(OCC)c(F)c1)NC(C)Cc1c(C)nn(C)c1C. The summed E-state index contributed by atoms with van der Waals surface area (Å²) in [6.45, 7) is 11.7. The minimum absolute atomic E-state index is 0.177. The Kier molecular flexibility index (Phi) is 7.84. The smallest absolute Gasteiger partial charge is 0.191 e. The van der Waals surface area contributed by atoms with E-state index in [0.29, 0.717) is 19.1 Å². The molecule has 7 heteroatoms. The molecule has 6 nitrogen and oxygen atoms in total. The average Bonchev–Trinajstić information content (AvgIpc) is 2.88. The van der Waals surface area contributed by atoms with Crippen LogP contribution in [0.25, 0.3) is 0 Å². The van der Waals surface area contributed by atoms with Gasteiger partial charge in [-0.2, -0.15) is 5.10 Å². The predicted octanol–water partition coefficient (Wildman–Crippen LogP) is 3.26. The molecular weight excluding hydrogens is 357 g/mol. The Morgan fingerprint density at radius 1 is 1.32 bits per heavy atom. The van der Waals surface area contributed by atoms with Crippen LogP contribution in [0, 0.1) is 19.7 Å². The number of ether oxygens (including phenoxy) is 1. The van der Waals surface area contributed by atoms with Crippen molar-refractivity contribution < 1.29 is 9.13 Å². The third kappa shape index (κ3) is 5.71. The van der Waals surface area contributed by atoms with Crippen LogP contribution in [-0.2, 0) is 20.0 Å². The van der Waals surface area contributed by atoms with Crippen LogP contribution in [0.15, 0.2) is 23.2 Å². The Morgan fingerprint density at radius 2 is 2.07 bits per heavy atom. The van der Waals surface area contributed by atoms with E-state index in [9.17, 15) is 4.39 Å². The topological polar surface area (TPSA) is 63.5 Å². The van der Waals surface area contributed by atoms with E-state index in [1.54, 1.807) is 6.07 Å². The number of hydrogen-bond acceptors (Lipinski definition) is 3. The third-order valence-corrected chi connectivity index (χ3v) is 4.61. The second kappa shape index (κ2) is 10.1. The number of aryl methyl sites for hydroxylation is 2. The lowest BCUT2D eigenvalue weighted by Gasteiger charge is -2.18. The van der Waals surface area contributed by atoms with Crippen LogP contribution in [-0.4, -0.2) is 34.9 Å². The third-order valence-electron chi connectivity index (χ3n) is 4.61. The van der Waals surface area contributed by atoms with Gasteiger partial charge in [0, 0.05) is 25.3 Å². The van der Waals surface area contributed by atoms with Crippen molar-refractivity contribution in [1.82, 2.24) is 20.4 Å². The van der Waals surface area contributed by atoms with Crippen molar-refractivity contribution in [2.75, 3.05) is 13.2 Å². The number of benzene rings is 1. The molecule has 0 aliphatic rings. The quantitative estimate of drug-likeness (QED) is 0.537. The van der Waals surface area contributed by atoms with Gasteiger partial charge in [-0.25, -0.2) is 9.38 Å². The van der Waals surface area contributed by atoms with Crippen molar-refractivity contribution >= 4 is 5.96 Å². The number of nitrogens with one attached hydrogen (secondary N) is 2. The summed E-state index contributed by atoms with van der Waals surface area (Å²) >= 11 is 0. The van der Waals surface area contributed by atoms with E-state index in [-0.39, 0.29) is 17.6 Å². The highest BCUT2D eigenvalue weighted by molar-refractivity contribution is 5.80. The number of hydrogen-bond donors (Lipinski definition) is 2. The monoisotopic (exact) mass is 389 g/mol. The molecule has 0 saturated heterocycles. The van der Waals surface area contributed by atoms with Crippen molar-refractivity contribution in [3.63, 3.8) is 0 Å². The van der Waals surface area contributed by atoms with Gasteiger partial charge in [0.05, 0.1) is 18.8 Å². The molecular formula is C21H32FN5O. The first kappa shape index (κ1) is 21.7. The maximum Gasteiger partial charge on any atom is 0.191 e. The molecule has 2 N–H and O–H groups in total. The summed E-state index contributed by atoms with van der Waals surface area (Å²) in [5.74, 6) is 0.628. The minimum atomic E-state index is -0.358. The normalized spacial score (nSPS) is 12.8. The fourth-order valence-corrected chi connectivity index (χ4v) is 3.11. The van der Waals surface area contributed by atoms with Gasteiger partial charge >= 0.3 is 0 Å². The molecule has 2 aromatic rings. The van der Waals surface area contributed by atoms with Gasteiger partial charge in [-0.15, -0.1) is 0 Å². The van der Waals surface area contributed by atoms with Gasteiger partial charge in [0.15, 0.2) is 17.5 Å². The Hall–Kier alpha value is -2.57. The molecule has 1 aromatic carbocycles. The van der Waals surface area contributed by atoms with Gasteiger partial charge in [-0.3, -0.25) is 4.68 Å². The van der Waals surface area contributed by atoms with Crippen molar-refractivity contribution in [3.05, 3.63) is 46.5 Å². The molecule has 0 bridgehead atoms. The Bertz CT molecular complexity index is 815. The largest absolute Gasteiger partial charge is 0.491 e. The molecule has 0 fully saturated rings. The highest BCUT2D eigenvalue weighted by Crippen LogP contribution is 2.19. The Labute approximate surface area is 167 Å². The summed E-state index contributed by atoms with van der Waals surface area (Å²) in [5, 5.41) is 11.2. The number of aliphatic imine (C=N–C) groups is 1. The van der Waals surface area contributed by atoms with Gasteiger partial charge in [0.25, 0.3) is 0 Å². The molecule has 0 radical (unpaired) electrons. The summed E-state index contributed by atoms with van der Waals surface area (Å²) in [6, 6.07) is 5.15. The van der Waals surface area contributed by atoms with Gasteiger partial charge < -0.3 is 15.4 Å². The van der Waals surface area contributed by atoms with Crippen LogP contribution in [0.1, 0.15) is 43.3 Å². The first-order chi connectivity index (χ1) is 13.3. The molecule has 1 aromatic heterocycles. The van der Waals surface area contributed by atoms with Gasteiger partial charge in [0.2, 0.25) is 0 Å². The molecule has 0 aliphatic carbocycles. The number of rotatable bonds is 8. The summed E-state index contributed by atoms with van der Waals surface area (Å²) in [7, 11) is 1.96. The van der Waals surface area contributed by atoms with Crippen LogP contribution in [0.5, 0.6) is 5.75 Å². The average molecular weight is 390 g/mol. The molecule has 0 saturated carbocycles. The fourth-order valence-electron chi connectivity index (χ4n) is 3.11. The summed E-state index contributed by atoms with van der Waals surface area (Å²) in [5.41, 5.74) is 4.29. The Morgan fingerprint density at radius 3 is 2.64 bits per heavy atom. The number of guanidine groups is 1. The lowest BCUT2D eigenvalue weighted by Crippen LogP contribution is -2.43. The Balaban J connectivity index is 2.04. The zero-order valence-corrected chi connectivity index (χ0v) is 17.8. The zero-order chi connectivity index (χ0) is 20.7. The predicted molar refractivity (Wildman–Crippen MR) is 111 cm³/mol. The molecule has 1 atom stereocenters. The number of halogens is 1. The highest BCUT2D eigenvalue weighted by atomic mass is 19.1. The van der Waals surface area contributed by atoms with Gasteiger partial charge in [-0.05, 0) is 64.3 Å². The van der Waals surface area contributed by atoms with E-state index in [1.165, 1.54) is 17.3 Å². The molecule has 0 spiro atoms. The summed E-state index contributed by atoms with van der Waals surface area (Å²) in [6.07, 6.45) is 0.855. The van der Waals surface area contributed by atoms with Crippen LogP contribution in [0.2, 0.25) is 0 Å². The second-order valence-corrected chi connectivity index (χ2v) is 6.92. The molecule has 28 heavy (non-hydrogen) atoms. The molecule has 154 valence electrons. The zero-order valence-electron chi connectivity index (χ0n) is 17.8. The minimum Gasteiger partial charge on any atom is -0.491 e. The maximum atomic E-state index is 14.0. The fraction of sp³-hybridized carbons (Fsp3) is 0.524. The second-order valence-electron chi connectivity index (χ2n) is 6.92. The standard InChI is InChI=1S/C21H32FN5O/c1-7-23-21(24-13-17-9-10-20(28-8-2)19(22)12-17)25-14(3)11-18-15(4)26-27(6)16(18)5/h9-10,12,14H,7-8,11,13H2,1-6H3,(H2,23,24,25). The summed E-state index contributed by atoms with van der Waals surface area (Å²) in [4.78, 5) is 4.60. The van der Waals surface area contributed by atoms with Crippen LogP contribution < -0.4 is 15.4 Å². The van der Waals surface area contributed by atoms with E-state index in [1.807, 2.05) is 38.6 Å². The van der Waals surface area contributed by atoms with Crippen molar-refractivity contribution in [2.45, 2.75) is 53.6 Å². The molecule has 2 rings (SSSR count). The van der Waals surface area contributed by atoms with Crippen molar-refractivity contribution in [3.8, 4) is 5.75 Å². The van der Waals surface area contributed by atoms with Gasteiger partial charge in [-0.1, -0.05) is 6.07 Å². The molecule has 0 amide bonds. The van der Waals surface area contributed by atoms with E-state index in [4.69, 9.17) is 4.74 Å². The molecule has 1 heterocycles. The number of aromatic nitrogens is 2. The van der Waals surface area contributed by atoms with E-state index >= 15 is 0 Å². The van der Waals surface area contributed by atoms with E-state index in [0.717, 1.165) is 24.2 Å². The maximum absolute atomic E-state index is 14.0. The van der Waals surface area contributed by atoms with E-state index < -0.39 is 0 Å². The van der Waals surface area contributed by atoms with Gasteiger partial charge in [0.1, 0.15) is 0 Å². The highest BCUT2D eigenvalue weighted by Gasteiger charge is 2.14.